The molecule has 0 saturated carbocycles. The second-order valence-electron chi connectivity index (χ2n) is 10.2. The van der Waals surface area contributed by atoms with E-state index in [1.54, 1.807) is 25.6 Å². The number of hydrogen-bond acceptors (Lipinski definition) is 6. The molecule has 216 valence electrons. The highest BCUT2D eigenvalue weighted by atomic mass is 16.5. The summed E-state index contributed by atoms with van der Waals surface area (Å²) in [5.74, 6) is 0.628. The Hall–Kier alpha value is -4.01. The van der Waals surface area contributed by atoms with E-state index in [0.29, 0.717) is 25.6 Å². The average molecular weight is 555 g/mol. The summed E-state index contributed by atoms with van der Waals surface area (Å²) < 4.78 is 5.09. The molecule has 0 aliphatic carbocycles. The Morgan fingerprint density at radius 3 is 2.44 bits per heavy atom. The molecule has 3 N–H and O–H groups in total. The van der Waals surface area contributed by atoms with Crippen molar-refractivity contribution in [1.82, 2.24) is 25.5 Å². The van der Waals surface area contributed by atoms with E-state index in [0.717, 1.165) is 44.5 Å². The third-order valence-electron chi connectivity index (χ3n) is 7.13. The number of ether oxygens (including phenoxy) is 1. The number of hydrogen-bond donors (Lipinski definition) is 3. The molecule has 8 heteroatoms. The molecule has 0 radical (unpaired) electrons. The molecule has 4 rings (SSSR count). The molecule has 0 aliphatic heterocycles. The Balaban J connectivity index is 1.34. The molecule has 0 spiro atoms. The van der Waals surface area contributed by atoms with Crippen LogP contribution < -0.4 is 16.0 Å². The van der Waals surface area contributed by atoms with E-state index < -0.39 is 0 Å². The van der Waals surface area contributed by atoms with Crippen LogP contribution in [0.1, 0.15) is 42.5 Å². The molecule has 1 aromatic heterocycles. The Labute approximate surface area is 243 Å². The number of carbonyl (C=O) groups excluding carboxylic acids is 1. The molecule has 2 amide bonds. The molecule has 8 nitrogen and oxygen atoms in total. The lowest BCUT2D eigenvalue weighted by molar-refractivity contribution is 0.194. The van der Waals surface area contributed by atoms with Crippen LogP contribution in [0, 0.1) is 0 Å². The molecule has 1 unspecified atom stereocenters. The molecule has 0 saturated heterocycles. The highest BCUT2D eigenvalue weighted by molar-refractivity contribution is 5.86. The van der Waals surface area contributed by atoms with Crippen LogP contribution in [0.4, 0.5) is 10.7 Å². The van der Waals surface area contributed by atoms with Gasteiger partial charge >= 0.3 is 6.03 Å². The first-order chi connectivity index (χ1) is 20.1. The zero-order valence-electron chi connectivity index (χ0n) is 24.2. The van der Waals surface area contributed by atoms with Gasteiger partial charge in [0, 0.05) is 52.2 Å². The number of carbonyl (C=O) groups is 1. The minimum absolute atomic E-state index is 0.0382. The fourth-order valence-corrected chi connectivity index (χ4v) is 4.81. The van der Waals surface area contributed by atoms with Crippen molar-refractivity contribution in [3.05, 3.63) is 102 Å². The summed E-state index contributed by atoms with van der Waals surface area (Å²) in [7, 11) is 1.71. The highest BCUT2D eigenvalue weighted by Gasteiger charge is 2.18. The lowest BCUT2D eigenvalue weighted by atomic mass is 10.00. The summed E-state index contributed by atoms with van der Waals surface area (Å²) in [6.45, 7) is 6.47. The summed E-state index contributed by atoms with van der Waals surface area (Å²) in [5, 5.41) is 12.2. The lowest BCUT2D eigenvalue weighted by Crippen LogP contribution is -2.42. The number of nitrogens with zero attached hydrogens (tertiary/aromatic N) is 3. The zero-order chi connectivity index (χ0) is 28.7. The van der Waals surface area contributed by atoms with Gasteiger partial charge in [-0.05, 0) is 59.7 Å². The SMILES string of the molecule is COCCNCc1ccc(CCN(CCCCNc2ncccn2)C(=O)NC(C)c2cccc3ccccc23)cc1. The van der Waals surface area contributed by atoms with Crippen molar-refractivity contribution >= 4 is 22.8 Å². The molecule has 0 fully saturated rings. The van der Waals surface area contributed by atoms with Crippen LogP contribution >= 0.6 is 0 Å². The van der Waals surface area contributed by atoms with Crippen LogP contribution in [-0.4, -0.2) is 60.8 Å². The smallest absolute Gasteiger partial charge is 0.317 e. The lowest BCUT2D eigenvalue weighted by Gasteiger charge is -2.26. The van der Waals surface area contributed by atoms with Crippen LogP contribution in [0.15, 0.2) is 85.2 Å². The number of anilines is 1. The highest BCUT2D eigenvalue weighted by Crippen LogP contribution is 2.24. The van der Waals surface area contributed by atoms with Crippen molar-refractivity contribution < 1.29 is 9.53 Å². The first kappa shape index (κ1) is 30.0. The van der Waals surface area contributed by atoms with Gasteiger partial charge in [0.25, 0.3) is 0 Å². The van der Waals surface area contributed by atoms with Gasteiger partial charge in [-0.15, -0.1) is 0 Å². The normalized spacial score (nSPS) is 11.8. The van der Waals surface area contributed by atoms with E-state index in [-0.39, 0.29) is 12.1 Å². The zero-order valence-corrected chi connectivity index (χ0v) is 24.2. The Bertz CT molecular complexity index is 1330. The summed E-state index contributed by atoms with van der Waals surface area (Å²) >= 11 is 0. The Morgan fingerprint density at radius 1 is 0.878 bits per heavy atom. The predicted molar refractivity (Wildman–Crippen MR) is 166 cm³/mol. The van der Waals surface area contributed by atoms with E-state index in [9.17, 15) is 4.79 Å². The minimum Gasteiger partial charge on any atom is -0.383 e. The third kappa shape index (κ3) is 9.55. The van der Waals surface area contributed by atoms with E-state index in [2.05, 4.69) is 87.4 Å². The van der Waals surface area contributed by atoms with Crippen LogP contribution in [-0.2, 0) is 17.7 Å². The second-order valence-corrected chi connectivity index (χ2v) is 10.2. The molecule has 41 heavy (non-hydrogen) atoms. The van der Waals surface area contributed by atoms with Crippen molar-refractivity contribution in [3.63, 3.8) is 0 Å². The Morgan fingerprint density at radius 2 is 1.63 bits per heavy atom. The van der Waals surface area contributed by atoms with Crippen molar-refractivity contribution in [2.24, 2.45) is 0 Å². The van der Waals surface area contributed by atoms with E-state index >= 15 is 0 Å². The number of urea groups is 1. The molecular weight excluding hydrogens is 512 g/mol. The molecule has 0 bridgehead atoms. The number of amides is 2. The van der Waals surface area contributed by atoms with Gasteiger partial charge in [-0.3, -0.25) is 0 Å². The van der Waals surface area contributed by atoms with Gasteiger partial charge in [-0.2, -0.15) is 0 Å². The van der Waals surface area contributed by atoms with Crippen LogP contribution in [0.3, 0.4) is 0 Å². The van der Waals surface area contributed by atoms with Gasteiger partial charge in [0.1, 0.15) is 0 Å². The van der Waals surface area contributed by atoms with Gasteiger partial charge in [0.2, 0.25) is 5.95 Å². The largest absolute Gasteiger partial charge is 0.383 e. The number of fused-ring (bicyclic) bond motifs is 1. The first-order valence-electron chi connectivity index (χ1n) is 14.5. The minimum atomic E-state index is -0.113. The van der Waals surface area contributed by atoms with Crippen LogP contribution in [0.2, 0.25) is 0 Å². The van der Waals surface area contributed by atoms with E-state index in [4.69, 9.17) is 4.74 Å². The number of nitrogens with one attached hydrogen (secondary N) is 3. The second kappa shape index (κ2) is 16.3. The summed E-state index contributed by atoms with van der Waals surface area (Å²) in [4.78, 5) is 23.9. The fraction of sp³-hybridized carbons (Fsp3) is 0.364. The summed E-state index contributed by atoms with van der Waals surface area (Å²) in [6.07, 6.45) is 6.03. The summed E-state index contributed by atoms with van der Waals surface area (Å²) in [6, 6.07) is 24.8. The first-order valence-corrected chi connectivity index (χ1v) is 14.5. The van der Waals surface area contributed by atoms with Crippen molar-refractivity contribution in [2.75, 3.05) is 45.2 Å². The Kier molecular flexibility index (Phi) is 11.9. The fourth-order valence-electron chi connectivity index (χ4n) is 4.81. The topological polar surface area (TPSA) is 91.4 Å². The maximum absolute atomic E-state index is 13.6. The van der Waals surface area contributed by atoms with Crippen molar-refractivity contribution in [1.29, 1.82) is 0 Å². The monoisotopic (exact) mass is 554 g/mol. The summed E-state index contributed by atoms with van der Waals surface area (Å²) in [5.41, 5.74) is 3.57. The van der Waals surface area contributed by atoms with Crippen molar-refractivity contribution in [2.45, 2.75) is 38.8 Å². The number of unbranched alkanes of at least 4 members (excludes halogenated alkanes) is 1. The van der Waals surface area contributed by atoms with Gasteiger partial charge in [-0.25, -0.2) is 14.8 Å². The molecule has 4 aromatic rings. The van der Waals surface area contributed by atoms with E-state index in [1.807, 2.05) is 17.0 Å². The molecule has 3 aromatic carbocycles. The van der Waals surface area contributed by atoms with Gasteiger partial charge in [-0.1, -0.05) is 66.7 Å². The quantitative estimate of drug-likeness (QED) is 0.157. The van der Waals surface area contributed by atoms with Crippen molar-refractivity contribution in [3.8, 4) is 0 Å². The molecule has 1 atom stereocenters. The standard InChI is InChI=1S/C33H42N6O2/c1-26(30-12-7-10-29-9-3-4-11-31(29)30)38-33(40)39(22-6-5-18-35-32-36-19-8-20-37-32)23-17-27-13-15-28(16-14-27)25-34-21-24-41-2/h3-4,7-16,19-20,26,34H,5-6,17-18,21-25H2,1-2H3,(H,38,40)(H,35,36,37). The molecule has 0 aliphatic rings. The van der Waals surface area contributed by atoms with Gasteiger partial charge in [0.15, 0.2) is 0 Å². The maximum atomic E-state index is 13.6. The maximum Gasteiger partial charge on any atom is 0.317 e. The predicted octanol–water partition coefficient (Wildman–Crippen LogP) is 5.57. The average Bonchev–Trinajstić information content (AvgIpc) is 3.01. The van der Waals surface area contributed by atoms with Crippen LogP contribution in [0.25, 0.3) is 10.8 Å². The number of rotatable bonds is 16. The van der Waals surface area contributed by atoms with E-state index in [1.165, 1.54) is 21.9 Å². The molecular formula is C33H42N6O2. The third-order valence-corrected chi connectivity index (χ3v) is 7.13. The van der Waals surface area contributed by atoms with Gasteiger partial charge in [0.05, 0.1) is 12.6 Å². The van der Waals surface area contributed by atoms with Gasteiger partial charge < -0.3 is 25.6 Å². The van der Waals surface area contributed by atoms with Crippen LogP contribution in [0.5, 0.6) is 0 Å². The number of aromatic nitrogens is 2. The molecule has 1 heterocycles. The number of benzene rings is 3. The number of methoxy groups -OCH3 is 1.